The summed E-state index contributed by atoms with van der Waals surface area (Å²) >= 11 is 0. The molecule has 6 heteroatoms. The van der Waals surface area contributed by atoms with Gasteiger partial charge in [-0.2, -0.15) is 0 Å². The van der Waals surface area contributed by atoms with Crippen molar-refractivity contribution < 1.29 is 28.5 Å². The minimum atomic E-state index is -0.654. The fraction of sp³-hybridized carbons (Fsp3) is 0.867. The fourth-order valence-electron chi connectivity index (χ4n) is 2.38. The quantitative estimate of drug-likeness (QED) is 0.576. The Hall–Kier alpha value is -1.14. The van der Waals surface area contributed by atoms with Crippen molar-refractivity contribution in [2.75, 3.05) is 26.4 Å². The predicted molar refractivity (Wildman–Crippen MR) is 75.6 cm³/mol. The Bertz CT molecular complexity index is 296. The number of ether oxygens (including phenoxy) is 4. The third-order valence-corrected chi connectivity index (χ3v) is 3.30. The van der Waals surface area contributed by atoms with Gasteiger partial charge in [0.25, 0.3) is 0 Å². The highest BCUT2D eigenvalue weighted by Crippen LogP contribution is 2.31. The van der Waals surface area contributed by atoms with Crippen LogP contribution in [0.25, 0.3) is 0 Å². The summed E-state index contributed by atoms with van der Waals surface area (Å²) in [7, 11) is 0. The second-order valence-corrected chi connectivity index (χ2v) is 4.92. The van der Waals surface area contributed by atoms with Crippen molar-refractivity contribution in [3.8, 4) is 0 Å². The van der Waals surface area contributed by atoms with Crippen LogP contribution in [0.3, 0.4) is 0 Å². The first-order valence-corrected chi connectivity index (χ1v) is 7.71. The summed E-state index contributed by atoms with van der Waals surface area (Å²) in [5.74, 6) is -1.05. The molecule has 0 bridgehead atoms. The number of carbonyl (C=O) groups is 2. The average molecular weight is 302 g/mol. The van der Waals surface area contributed by atoms with Gasteiger partial charge in [0, 0.05) is 25.7 Å². The molecule has 0 aromatic heterocycles. The maximum absolute atomic E-state index is 11.3. The summed E-state index contributed by atoms with van der Waals surface area (Å²) in [4.78, 5) is 22.7. The number of rotatable bonds is 10. The SMILES string of the molecule is CCOC(=O)CCCC1(CCCC(=O)OCC)OCCO1. The van der Waals surface area contributed by atoms with Crippen molar-refractivity contribution in [1.82, 2.24) is 0 Å². The van der Waals surface area contributed by atoms with Crippen LogP contribution in [0.5, 0.6) is 0 Å². The first-order valence-electron chi connectivity index (χ1n) is 7.71. The van der Waals surface area contributed by atoms with Crippen LogP contribution >= 0.6 is 0 Å². The van der Waals surface area contributed by atoms with Crippen LogP contribution in [0.2, 0.25) is 0 Å². The van der Waals surface area contributed by atoms with Gasteiger partial charge in [-0.15, -0.1) is 0 Å². The molecule has 1 fully saturated rings. The number of hydrogen-bond donors (Lipinski definition) is 0. The van der Waals surface area contributed by atoms with Gasteiger partial charge in [0.05, 0.1) is 26.4 Å². The fourth-order valence-corrected chi connectivity index (χ4v) is 2.38. The maximum atomic E-state index is 11.3. The van der Waals surface area contributed by atoms with Crippen LogP contribution in [0.15, 0.2) is 0 Å². The summed E-state index contributed by atoms with van der Waals surface area (Å²) in [5, 5.41) is 0. The molecule has 1 rings (SSSR count). The maximum Gasteiger partial charge on any atom is 0.305 e. The molecule has 0 saturated carbocycles. The third kappa shape index (κ3) is 6.91. The molecule has 1 saturated heterocycles. The van der Waals surface area contributed by atoms with Gasteiger partial charge in [0.1, 0.15) is 0 Å². The molecule has 0 spiro atoms. The lowest BCUT2D eigenvalue weighted by Crippen LogP contribution is -2.30. The lowest BCUT2D eigenvalue weighted by molar-refractivity contribution is -0.170. The summed E-state index contributed by atoms with van der Waals surface area (Å²) < 4.78 is 21.2. The van der Waals surface area contributed by atoms with Crippen molar-refractivity contribution in [2.45, 2.75) is 58.2 Å². The second kappa shape index (κ2) is 9.73. The van der Waals surface area contributed by atoms with E-state index in [9.17, 15) is 9.59 Å². The summed E-state index contributed by atoms with van der Waals surface area (Å²) in [6.45, 7) is 5.49. The minimum absolute atomic E-state index is 0.197. The highest BCUT2D eigenvalue weighted by Gasteiger charge is 2.35. The van der Waals surface area contributed by atoms with E-state index in [1.54, 1.807) is 13.8 Å². The lowest BCUT2D eigenvalue weighted by atomic mass is 10.0. The molecule has 0 atom stereocenters. The van der Waals surface area contributed by atoms with E-state index < -0.39 is 5.79 Å². The molecule has 6 nitrogen and oxygen atoms in total. The van der Waals surface area contributed by atoms with E-state index in [4.69, 9.17) is 18.9 Å². The molecule has 122 valence electrons. The Morgan fingerprint density at radius 1 is 0.905 bits per heavy atom. The monoisotopic (exact) mass is 302 g/mol. The van der Waals surface area contributed by atoms with Crippen molar-refractivity contribution in [2.24, 2.45) is 0 Å². The Morgan fingerprint density at radius 3 is 1.71 bits per heavy atom. The normalized spacial score (nSPS) is 16.7. The zero-order valence-corrected chi connectivity index (χ0v) is 13.0. The summed E-state index contributed by atoms with van der Waals surface area (Å²) in [6.07, 6.45) is 3.29. The van der Waals surface area contributed by atoms with E-state index in [1.165, 1.54) is 0 Å². The Labute approximate surface area is 126 Å². The molecular weight excluding hydrogens is 276 g/mol. The van der Waals surface area contributed by atoms with E-state index >= 15 is 0 Å². The van der Waals surface area contributed by atoms with Gasteiger partial charge < -0.3 is 18.9 Å². The molecule has 0 aliphatic carbocycles. The molecule has 0 N–H and O–H groups in total. The second-order valence-electron chi connectivity index (χ2n) is 4.92. The van der Waals surface area contributed by atoms with Gasteiger partial charge in [-0.1, -0.05) is 0 Å². The minimum Gasteiger partial charge on any atom is -0.466 e. The molecule has 1 heterocycles. The van der Waals surface area contributed by atoms with E-state index in [2.05, 4.69) is 0 Å². The molecule has 21 heavy (non-hydrogen) atoms. The van der Waals surface area contributed by atoms with Crippen LogP contribution in [-0.2, 0) is 28.5 Å². The predicted octanol–water partition coefficient (Wildman–Crippen LogP) is 2.20. The van der Waals surface area contributed by atoms with Gasteiger partial charge in [0.2, 0.25) is 0 Å². The largest absolute Gasteiger partial charge is 0.466 e. The zero-order valence-electron chi connectivity index (χ0n) is 13.0. The van der Waals surface area contributed by atoms with E-state index in [0.717, 1.165) is 0 Å². The molecule has 0 aromatic carbocycles. The van der Waals surface area contributed by atoms with Gasteiger partial charge in [0.15, 0.2) is 5.79 Å². The van der Waals surface area contributed by atoms with E-state index in [1.807, 2.05) is 0 Å². The number of esters is 2. The molecule has 0 amide bonds. The van der Waals surface area contributed by atoms with E-state index in [0.29, 0.717) is 65.0 Å². The standard InChI is InChI=1S/C15H26O6/c1-3-18-13(16)7-5-9-15(20-11-12-21-15)10-6-8-14(17)19-4-2/h3-12H2,1-2H3. The molecule has 0 unspecified atom stereocenters. The topological polar surface area (TPSA) is 71.1 Å². The van der Waals surface area contributed by atoms with Crippen molar-refractivity contribution >= 4 is 11.9 Å². The molecule has 1 aliphatic rings. The molecule has 0 aromatic rings. The van der Waals surface area contributed by atoms with Crippen molar-refractivity contribution in [3.63, 3.8) is 0 Å². The van der Waals surface area contributed by atoms with Crippen LogP contribution in [0, 0.1) is 0 Å². The summed E-state index contributed by atoms with van der Waals surface area (Å²) in [5.41, 5.74) is 0. The van der Waals surface area contributed by atoms with Crippen molar-refractivity contribution in [1.29, 1.82) is 0 Å². The Morgan fingerprint density at radius 2 is 1.33 bits per heavy atom. The van der Waals surface area contributed by atoms with Gasteiger partial charge >= 0.3 is 11.9 Å². The number of hydrogen-bond acceptors (Lipinski definition) is 6. The molecular formula is C15H26O6. The summed E-state index contributed by atoms with van der Waals surface area (Å²) in [6, 6.07) is 0. The molecule has 1 aliphatic heterocycles. The van der Waals surface area contributed by atoms with Crippen LogP contribution < -0.4 is 0 Å². The number of carbonyl (C=O) groups excluding carboxylic acids is 2. The lowest BCUT2D eigenvalue weighted by Gasteiger charge is -2.27. The van der Waals surface area contributed by atoms with Gasteiger partial charge in [-0.05, 0) is 26.7 Å². The molecule has 0 radical (unpaired) electrons. The first-order chi connectivity index (χ1) is 10.1. The Balaban J connectivity index is 2.29. The van der Waals surface area contributed by atoms with Crippen LogP contribution in [0.4, 0.5) is 0 Å². The van der Waals surface area contributed by atoms with Crippen LogP contribution in [0.1, 0.15) is 52.4 Å². The smallest absolute Gasteiger partial charge is 0.305 e. The van der Waals surface area contributed by atoms with Gasteiger partial charge in [-0.3, -0.25) is 9.59 Å². The highest BCUT2D eigenvalue weighted by molar-refractivity contribution is 5.69. The van der Waals surface area contributed by atoms with Crippen LogP contribution in [-0.4, -0.2) is 44.2 Å². The van der Waals surface area contributed by atoms with Crippen molar-refractivity contribution in [3.05, 3.63) is 0 Å². The third-order valence-electron chi connectivity index (χ3n) is 3.30. The average Bonchev–Trinajstić information content (AvgIpc) is 2.88. The first kappa shape index (κ1) is 17.9. The van der Waals surface area contributed by atoms with E-state index in [-0.39, 0.29) is 11.9 Å². The highest BCUT2D eigenvalue weighted by atomic mass is 16.7. The zero-order chi connectivity index (χ0) is 15.6. The van der Waals surface area contributed by atoms with Gasteiger partial charge in [-0.25, -0.2) is 0 Å². The Kier molecular flexibility index (Phi) is 8.30.